The number of amides is 1. The molecular formula is C8H9N3O4S. The van der Waals surface area contributed by atoms with E-state index >= 15 is 0 Å². The van der Waals surface area contributed by atoms with Gasteiger partial charge in [-0.3, -0.25) is 4.79 Å². The number of rotatable bonds is 3. The maximum absolute atomic E-state index is 11.6. The summed E-state index contributed by atoms with van der Waals surface area (Å²) in [7, 11) is 0. The van der Waals surface area contributed by atoms with E-state index in [4.69, 9.17) is 9.84 Å². The van der Waals surface area contributed by atoms with Gasteiger partial charge in [0.2, 0.25) is 0 Å². The lowest BCUT2D eigenvalue weighted by molar-refractivity contribution is -0.144. The molecule has 2 rings (SSSR count). The Balaban J connectivity index is 2.13. The number of hydrogen-bond acceptors (Lipinski definition) is 6. The Labute approximate surface area is 94.8 Å². The highest BCUT2D eigenvalue weighted by atomic mass is 32.1. The Morgan fingerprint density at radius 3 is 2.94 bits per heavy atom. The second-order valence-electron chi connectivity index (χ2n) is 3.44. The van der Waals surface area contributed by atoms with E-state index < -0.39 is 17.4 Å². The Morgan fingerprint density at radius 2 is 2.44 bits per heavy atom. The van der Waals surface area contributed by atoms with Crippen molar-refractivity contribution in [2.24, 2.45) is 0 Å². The lowest BCUT2D eigenvalue weighted by Crippen LogP contribution is -2.55. The molecule has 1 amide bonds. The van der Waals surface area contributed by atoms with Crippen LogP contribution in [0.1, 0.15) is 16.9 Å². The largest absolute Gasteiger partial charge is 0.479 e. The van der Waals surface area contributed by atoms with Crippen molar-refractivity contribution in [2.45, 2.75) is 12.0 Å². The first-order valence-corrected chi connectivity index (χ1v) is 5.28. The second-order valence-corrected chi connectivity index (χ2v) is 3.99. The number of carboxylic acid groups (broad SMARTS) is 1. The molecule has 0 saturated carbocycles. The summed E-state index contributed by atoms with van der Waals surface area (Å²) in [5, 5.41) is 11.5. The molecule has 0 aromatic carbocycles. The fourth-order valence-electron chi connectivity index (χ4n) is 1.43. The summed E-state index contributed by atoms with van der Waals surface area (Å²) in [6, 6.07) is 0. The van der Waals surface area contributed by atoms with Crippen molar-refractivity contribution >= 4 is 23.6 Å². The highest BCUT2D eigenvalue weighted by molar-refractivity contribution is 6.99. The zero-order valence-electron chi connectivity index (χ0n) is 8.17. The van der Waals surface area contributed by atoms with Gasteiger partial charge in [-0.1, -0.05) is 0 Å². The quantitative estimate of drug-likeness (QED) is 0.743. The van der Waals surface area contributed by atoms with Crippen LogP contribution in [0, 0.1) is 0 Å². The van der Waals surface area contributed by atoms with Crippen molar-refractivity contribution in [3.8, 4) is 0 Å². The second kappa shape index (κ2) is 4.14. The minimum absolute atomic E-state index is 0.0222. The van der Waals surface area contributed by atoms with Crippen LogP contribution < -0.4 is 5.32 Å². The van der Waals surface area contributed by atoms with Crippen LogP contribution in [0.4, 0.5) is 0 Å². The Morgan fingerprint density at radius 1 is 1.62 bits per heavy atom. The van der Waals surface area contributed by atoms with Gasteiger partial charge in [0, 0.05) is 13.0 Å². The third-order valence-corrected chi connectivity index (χ3v) is 2.86. The summed E-state index contributed by atoms with van der Waals surface area (Å²) in [5.41, 5.74) is -1.21. The zero-order chi connectivity index (χ0) is 11.6. The number of ether oxygens (including phenoxy) is 1. The van der Waals surface area contributed by atoms with Crippen LogP contribution in [0.25, 0.3) is 0 Å². The van der Waals surface area contributed by atoms with Gasteiger partial charge in [-0.2, -0.15) is 8.75 Å². The lowest BCUT2D eigenvalue weighted by atomic mass is 9.99. The molecule has 1 aromatic heterocycles. The van der Waals surface area contributed by atoms with Crippen LogP contribution in [-0.4, -0.2) is 44.5 Å². The van der Waals surface area contributed by atoms with Crippen molar-refractivity contribution in [3.05, 3.63) is 11.9 Å². The van der Waals surface area contributed by atoms with Gasteiger partial charge >= 0.3 is 5.97 Å². The number of nitrogens with one attached hydrogen (secondary N) is 1. The van der Waals surface area contributed by atoms with Crippen LogP contribution in [0.3, 0.4) is 0 Å². The first kappa shape index (κ1) is 11.0. The fraction of sp³-hybridized carbons (Fsp3) is 0.500. The summed E-state index contributed by atoms with van der Waals surface area (Å²) < 4.78 is 12.4. The summed E-state index contributed by atoms with van der Waals surface area (Å²) in [5.74, 6) is -1.64. The van der Waals surface area contributed by atoms with Gasteiger partial charge in [0.05, 0.1) is 24.5 Å². The number of carbonyl (C=O) groups excluding carboxylic acids is 1. The topological polar surface area (TPSA) is 101 Å². The normalized spacial score (nSPS) is 24.2. The minimum Gasteiger partial charge on any atom is -0.479 e. The number of hydrogen-bond donors (Lipinski definition) is 2. The monoisotopic (exact) mass is 243 g/mol. The number of nitrogens with zero attached hydrogens (tertiary/aromatic N) is 2. The molecule has 2 N–H and O–H groups in total. The van der Waals surface area contributed by atoms with E-state index in [1.807, 2.05) is 0 Å². The third-order valence-electron chi connectivity index (χ3n) is 2.38. The molecule has 1 aliphatic heterocycles. The van der Waals surface area contributed by atoms with Crippen LogP contribution in [0.5, 0.6) is 0 Å². The van der Waals surface area contributed by atoms with E-state index in [1.165, 1.54) is 6.20 Å². The number of aliphatic carboxylic acids is 1. The van der Waals surface area contributed by atoms with Crippen molar-refractivity contribution in [1.82, 2.24) is 14.1 Å². The predicted octanol–water partition coefficient (Wildman–Crippen LogP) is -0.488. The van der Waals surface area contributed by atoms with Crippen molar-refractivity contribution in [3.63, 3.8) is 0 Å². The van der Waals surface area contributed by atoms with E-state index in [-0.39, 0.29) is 18.7 Å². The van der Waals surface area contributed by atoms with Gasteiger partial charge < -0.3 is 15.2 Å². The van der Waals surface area contributed by atoms with Crippen LogP contribution in [0.2, 0.25) is 0 Å². The average Bonchev–Trinajstić information content (AvgIpc) is 2.88. The molecule has 0 radical (unpaired) electrons. The molecule has 1 fully saturated rings. The Bertz CT molecular complexity index is 399. The summed E-state index contributed by atoms with van der Waals surface area (Å²) in [6.45, 7) is 0.299. The maximum Gasteiger partial charge on any atom is 0.331 e. The van der Waals surface area contributed by atoms with E-state index in [1.54, 1.807) is 0 Å². The van der Waals surface area contributed by atoms with Gasteiger partial charge in [0.25, 0.3) is 5.91 Å². The van der Waals surface area contributed by atoms with Crippen molar-refractivity contribution in [1.29, 1.82) is 0 Å². The molecule has 7 nitrogen and oxygen atoms in total. The predicted molar refractivity (Wildman–Crippen MR) is 53.2 cm³/mol. The van der Waals surface area contributed by atoms with Crippen molar-refractivity contribution in [2.75, 3.05) is 13.2 Å². The third kappa shape index (κ3) is 1.89. The van der Waals surface area contributed by atoms with Crippen LogP contribution in [-0.2, 0) is 9.53 Å². The van der Waals surface area contributed by atoms with E-state index in [9.17, 15) is 9.59 Å². The number of carbonyl (C=O) groups is 2. The van der Waals surface area contributed by atoms with Crippen LogP contribution >= 0.6 is 11.7 Å². The molecule has 1 aromatic rings. The van der Waals surface area contributed by atoms with Gasteiger partial charge in [-0.25, -0.2) is 4.79 Å². The molecule has 1 saturated heterocycles. The Hall–Kier alpha value is -1.54. The highest BCUT2D eigenvalue weighted by Crippen LogP contribution is 2.19. The molecule has 16 heavy (non-hydrogen) atoms. The summed E-state index contributed by atoms with van der Waals surface area (Å²) >= 11 is 0.894. The molecule has 2 heterocycles. The Kier molecular flexibility index (Phi) is 2.84. The van der Waals surface area contributed by atoms with Crippen LogP contribution in [0.15, 0.2) is 6.20 Å². The maximum atomic E-state index is 11.6. The van der Waals surface area contributed by atoms with E-state index in [0.29, 0.717) is 6.61 Å². The number of carboxylic acids is 1. The molecule has 8 heteroatoms. The standard InChI is InChI=1S/C8H9N3O4S/c12-6(5-3-9-16-11-5)10-8(7(13)14)1-2-15-4-8/h3H,1-2,4H2,(H,10,12)(H,13,14). The summed E-state index contributed by atoms with van der Waals surface area (Å²) in [6.07, 6.45) is 1.55. The molecule has 0 spiro atoms. The minimum atomic E-state index is -1.33. The van der Waals surface area contributed by atoms with E-state index in [0.717, 1.165) is 11.7 Å². The average molecular weight is 243 g/mol. The van der Waals surface area contributed by atoms with Gasteiger partial charge in [0.15, 0.2) is 11.2 Å². The smallest absolute Gasteiger partial charge is 0.331 e. The molecule has 0 aliphatic carbocycles. The molecule has 0 bridgehead atoms. The highest BCUT2D eigenvalue weighted by Gasteiger charge is 2.44. The molecule has 1 aliphatic rings. The summed E-state index contributed by atoms with van der Waals surface area (Å²) in [4.78, 5) is 22.7. The van der Waals surface area contributed by atoms with Gasteiger partial charge in [0.1, 0.15) is 0 Å². The first-order valence-electron chi connectivity index (χ1n) is 4.55. The molecule has 1 atom stereocenters. The van der Waals surface area contributed by atoms with Gasteiger partial charge in [-0.15, -0.1) is 0 Å². The number of aromatic nitrogens is 2. The lowest BCUT2D eigenvalue weighted by Gasteiger charge is -2.22. The molecular weight excluding hydrogens is 234 g/mol. The zero-order valence-corrected chi connectivity index (χ0v) is 8.99. The van der Waals surface area contributed by atoms with Gasteiger partial charge in [-0.05, 0) is 0 Å². The fourth-order valence-corrected chi connectivity index (χ4v) is 1.84. The van der Waals surface area contributed by atoms with Crippen molar-refractivity contribution < 1.29 is 19.4 Å². The SMILES string of the molecule is O=C(NC1(C(=O)O)CCOC1)c1cnsn1. The molecule has 1 unspecified atom stereocenters. The molecule has 86 valence electrons. The first-order chi connectivity index (χ1) is 7.64. The van der Waals surface area contributed by atoms with E-state index in [2.05, 4.69) is 14.1 Å².